The Morgan fingerprint density at radius 1 is 1.26 bits per heavy atom. The summed E-state index contributed by atoms with van der Waals surface area (Å²) in [6, 6.07) is 7.93. The van der Waals surface area contributed by atoms with Crippen LogP contribution in [0.2, 0.25) is 0 Å². The van der Waals surface area contributed by atoms with Crippen LogP contribution in [-0.2, 0) is 14.4 Å². The van der Waals surface area contributed by atoms with E-state index in [4.69, 9.17) is 5.11 Å². The van der Waals surface area contributed by atoms with Crippen molar-refractivity contribution in [1.82, 2.24) is 5.32 Å². The Morgan fingerprint density at radius 3 is 2.70 bits per heavy atom. The lowest BCUT2D eigenvalue weighted by Crippen LogP contribution is -2.33. The first kappa shape index (κ1) is 20.9. The summed E-state index contributed by atoms with van der Waals surface area (Å²) in [5, 5.41) is 11.5. The van der Waals surface area contributed by atoms with Gasteiger partial charge in [-0.1, -0.05) is 38.5 Å². The number of nitrogens with one attached hydrogen (secondary N) is 1. The van der Waals surface area contributed by atoms with Crippen molar-refractivity contribution in [1.29, 1.82) is 0 Å². The van der Waals surface area contributed by atoms with Crippen LogP contribution in [0.15, 0.2) is 24.3 Å². The van der Waals surface area contributed by atoms with Crippen LogP contribution in [0, 0.1) is 5.92 Å². The second-order valence-electron chi connectivity index (χ2n) is 7.27. The van der Waals surface area contributed by atoms with Crippen LogP contribution in [0.4, 0.5) is 5.69 Å². The predicted molar refractivity (Wildman–Crippen MR) is 105 cm³/mol. The number of unbranched alkanes of at least 4 members (excludes halogenated alkanes) is 2. The lowest BCUT2D eigenvalue weighted by atomic mass is 9.96. The Balaban J connectivity index is 1.88. The normalized spacial score (nSPS) is 17.8. The van der Waals surface area contributed by atoms with Crippen LogP contribution < -0.4 is 10.2 Å². The third-order valence-corrected chi connectivity index (χ3v) is 5.23. The molecule has 0 saturated carbocycles. The highest BCUT2D eigenvalue weighted by Crippen LogP contribution is 2.33. The number of hydrogen-bond donors (Lipinski definition) is 2. The molecule has 1 aliphatic heterocycles. The molecule has 0 radical (unpaired) electrons. The molecule has 148 valence electrons. The van der Waals surface area contributed by atoms with Crippen LogP contribution in [0.3, 0.4) is 0 Å². The molecule has 27 heavy (non-hydrogen) atoms. The zero-order chi connectivity index (χ0) is 19.8. The van der Waals surface area contributed by atoms with E-state index in [0.29, 0.717) is 25.4 Å². The number of amides is 2. The molecule has 2 atom stereocenters. The van der Waals surface area contributed by atoms with Crippen LogP contribution in [0.1, 0.15) is 63.9 Å². The number of anilines is 1. The molecule has 2 N–H and O–H groups in total. The first-order valence-electron chi connectivity index (χ1n) is 9.82. The fourth-order valence-electron chi connectivity index (χ4n) is 3.42. The van der Waals surface area contributed by atoms with Gasteiger partial charge in [-0.15, -0.1) is 0 Å². The monoisotopic (exact) mass is 374 g/mol. The summed E-state index contributed by atoms with van der Waals surface area (Å²) in [4.78, 5) is 37.1. The lowest BCUT2D eigenvalue weighted by molar-refractivity contribution is -0.137. The Morgan fingerprint density at radius 2 is 2.00 bits per heavy atom. The minimum Gasteiger partial charge on any atom is -0.481 e. The minimum absolute atomic E-state index is 0.00707. The predicted octanol–water partition coefficient (Wildman–Crippen LogP) is 3.31. The van der Waals surface area contributed by atoms with Gasteiger partial charge in [0.05, 0.1) is 5.92 Å². The van der Waals surface area contributed by atoms with Crippen molar-refractivity contribution in [2.75, 3.05) is 18.0 Å². The van der Waals surface area contributed by atoms with Crippen molar-refractivity contribution in [3.8, 4) is 0 Å². The fraction of sp³-hybridized carbons (Fsp3) is 0.571. The first-order chi connectivity index (χ1) is 12.9. The number of carbonyl (C=O) groups excluding carboxylic acids is 2. The molecule has 0 aliphatic carbocycles. The number of carboxylic acids is 1. The number of carboxylic acid groups (broad SMARTS) is 1. The maximum Gasteiger partial charge on any atom is 0.303 e. The van der Waals surface area contributed by atoms with E-state index in [-0.39, 0.29) is 30.6 Å². The van der Waals surface area contributed by atoms with Crippen molar-refractivity contribution >= 4 is 23.5 Å². The highest BCUT2D eigenvalue weighted by atomic mass is 16.4. The van der Waals surface area contributed by atoms with Crippen molar-refractivity contribution < 1.29 is 19.5 Å². The van der Waals surface area contributed by atoms with Gasteiger partial charge in [-0.2, -0.15) is 0 Å². The van der Waals surface area contributed by atoms with Gasteiger partial charge in [0.1, 0.15) is 0 Å². The summed E-state index contributed by atoms with van der Waals surface area (Å²) in [6.07, 6.45) is 3.53. The molecule has 6 heteroatoms. The SMILES string of the molecule is CCC(C)c1ccccc1N1CC(C(=O)NCCCCCC(=O)O)CC1=O. The van der Waals surface area contributed by atoms with Gasteiger partial charge in [-0.05, 0) is 36.8 Å². The molecule has 1 fully saturated rings. The molecular weight excluding hydrogens is 344 g/mol. The number of rotatable bonds is 10. The summed E-state index contributed by atoms with van der Waals surface area (Å²) in [5.41, 5.74) is 2.06. The zero-order valence-electron chi connectivity index (χ0n) is 16.2. The highest BCUT2D eigenvalue weighted by molar-refractivity contribution is 6.00. The topological polar surface area (TPSA) is 86.7 Å². The summed E-state index contributed by atoms with van der Waals surface area (Å²) in [7, 11) is 0. The molecular formula is C21H30N2O4. The molecule has 0 spiro atoms. The maximum atomic E-state index is 12.5. The van der Waals surface area contributed by atoms with Crippen LogP contribution >= 0.6 is 0 Å². The Bertz CT molecular complexity index is 674. The largest absolute Gasteiger partial charge is 0.481 e. The number of benzene rings is 1. The van der Waals surface area contributed by atoms with Crippen LogP contribution in [-0.4, -0.2) is 36.0 Å². The maximum absolute atomic E-state index is 12.5. The van der Waals surface area contributed by atoms with Crippen molar-refractivity contribution in [2.24, 2.45) is 5.92 Å². The van der Waals surface area contributed by atoms with E-state index < -0.39 is 5.97 Å². The fourth-order valence-corrected chi connectivity index (χ4v) is 3.42. The van der Waals surface area contributed by atoms with Crippen LogP contribution in [0.5, 0.6) is 0 Å². The molecule has 1 aromatic rings. The number of aliphatic carboxylic acids is 1. The van der Waals surface area contributed by atoms with E-state index in [9.17, 15) is 14.4 Å². The molecule has 1 aromatic carbocycles. The highest BCUT2D eigenvalue weighted by Gasteiger charge is 2.36. The first-order valence-corrected chi connectivity index (χ1v) is 9.82. The standard InChI is InChI=1S/C21H30N2O4/c1-3-15(2)17-9-6-7-10-18(17)23-14-16(13-19(23)24)21(27)22-12-8-4-5-11-20(25)26/h6-7,9-10,15-16H,3-5,8,11-14H2,1-2H3,(H,22,27)(H,25,26). The lowest BCUT2D eigenvalue weighted by Gasteiger charge is -2.23. The van der Waals surface area contributed by atoms with Gasteiger partial charge >= 0.3 is 5.97 Å². The molecule has 0 aromatic heterocycles. The zero-order valence-corrected chi connectivity index (χ0v) is 16.2. The smallest absolute Gasteiger partial charge is 0.303 e. The van der Waals surface area contributed by atoms with E-state index in [1.54, 1.807) is 4.90 Å². The van der Waals surface area contributed by atoms with Gasteiger partial charge in [0, 0.05) is 31.6 Å². The van der Waals surface area contributed by atoms with E-state index >= 15 is 0 Å². The average molecular weight is 374 g/mol. The molecule has 2 amide bonds. The third kappa shape index (κ3) is 5.81. The summed E-state index contributed by atoms with van der Waals surface area (Å²) in [5.74, 6) is -0.868. The third-order valence-electron chi connectivity index (χ3n) is 5.23. The molecule has 1 heterocycles. The van der Waals surface area contributed by atoms with Gasteiger partial charge in [-0.3, -0.25) is 14.4 Å². The van der Waals surface area contributed by atoms with E-state index in [1.165, 1.54) is 0 Å². The van der Waals surface area contributed by atoms with Gasteiger partial charge < -0.3 is 15.3 Å². The molecule has 6 nitrogen and oxygen atoms in total. The van der Waals surface area contributed by atoms with Gasteiger partial charge in [-0.25, -0.2) is 0 Å². The Kier molecular flexibility index (Phi) is 7.82. The van der Waals surface area contributed by atoms with E-state index in [1.807, 2.05) is 18.2 Å². The Hall–Kier alpha value is -2.37. The molecule has 1 aliphatic rings. The number of hydrogen-bond acceptors (Lipinski definition) is 3. The quantitative estimate of drug-likeness (QED) is 0.615. The number of carbonyl (C=O) groups is 3. The average Bonchev–Trinajstić information content (AvgIpc) is 3.05. The molecule has 0 bridgehead atoms. The van der Waals surface area contributed by atoms with Gasteiger partial charge in [0.25, 0.3) is 0 Å². The van der Waals surface area contributed by atoms with Gasteiger partial charge in [0.2, 0.25) is 11.8 Å². The van der Waals surface area contributed by atoms with Crippen molar-refractivity contribution in [3.05, 3.63) is 29.8 Å². The Labute approximate surface area is 160 Å². The second kappa shape index (κ2) is 10.1. The van der Waals surface area contributed by atoms with Gasteiger partial charge in [0.15, 0.2) is 0 Å². The van der Waals surface area contributed by atoms with Crippen LogP contribution in [0.25, 0.3) is 0 Å². The second-order valence-corrected chi connectivity index (χ2v) is 7.27. The van der Waals surface area contributed by atoms with Crippen molar-refractivity contribution in [3.63, 3.8) is 0 Å². The number of para-hydroxylation sites is 1. The minimum atomic E-state index is -0.790. The summed E-state index contributed by atoms with van der Waals surface area (Å²) in [6.45, 7) is 5.21. The summed E-state index contributed by atoms with van der Waals surface area (Å²) >= 11 is 0. The van der Waals surface area contributed by atoms with Crippen molar-refractivity contribution in [2.45, 2.75) is 58.3 Å². The molecule has 2 rings (SSSR count). The van der Waals surface area contributed by atoms with E-state index in [2.05, 4.69) is 25.2 Å². The molecule has 1 saturated heterocycles. The van der Waals surface area contributed by atoms with E-state index in [0.717, 1.165) is 30.5 Å². The summed E-state index contributed by atoms with van der Waals surface area (Å²) < 4.78 is 0. The number of nitrogens with zero attached hydrogens (tertiary/aromatic N) is 1. The molecule has 2 unspecified atom stereocenters.